The van der Waals surface area contributed by atoms with Crippen LogP contribution in [0.1, 0.15) is 23.0 Å². The van der Waals surface area contributed by atoms with Crippen LogP contribution in [0.2, 0.25) is 0 Å². The number of amides is 1. The Morgan fingerprint density at radius 3 is 2.55 bits per heavy atom. The van der Waals surface area contributed by atoms with Crippen molar-refractivity contribution in [3.63, 3.8) is 0 Å². The summed E-state index contributed by atoms with van der Waals surface area (Å²) < 4.78 is 60.6. The average Bonchev–Trinajstić information content (AvgIpc) is 3.42. The summed E-state index contributed by atoms with van der Waals surface area (Å²) >= 11 is 0. The summed E-state index contributed by atoms with van der Waals surface area (Å²) in [6, 6.07) is 8.37. The first-order chi connectivity index (χ1) is 15.7. The van der Waals surface area contributed by atoms with Crippen LogP contribution in [-0.4, -0.2) is 31.3 Å². The summed E-state index contributed by atoms with van der Waals surface area (Å²) in [7, 11) is 0. The molecule has 0 N–H and O–H groups in total. The molecule has 0 atom stereocenters. The minimum atomic E-state index is -4.76. The van der Waals surface area contributed by atoms with Crippen molar-refractivity contribution in [3.05, 3.63) is 71.4 Å². The van der Waals surface area contributed by atoms with Crippen LogP contribution < -0.4 is 4.90 Å². The van der Waals surface area contributed by atoms with Gasteiger partial charge in [0, 0.05) is 17.4 Å². The van der Waals surface area contributed by atoms with E-state index in [-0.39, 0.29) is 30.0 Å². The van der Waals surface area contributed by atoms with Gasteiger partial charge in [-0.3, -0.25) is 9.78 Å². The van der Waals surface area contributed by atoms with Gasteiger partial charge in [-0.05, 0) is 37.3 Å². The predicted molar refractivity (Wildman–Crippen MR) is 103 cm³/mol. The fraction of sp³-hybridized carbons (Fsp3) is 0.200. The number of rotatable bonds is 6. The number of hydrogen-bond acceptors (Lipinski definition) is 8. The molecule has 0 aliphatic carbocycles. The monoisotopic (exact) mass is 462 g/mol. The second-order valence-corrected chi connectivity index (χ2v) is 6.89. The number of benzene rings is 1. The van der Waals surface area contributed by atoms with Gasteiger partial charge in [0.05, 0.1) is 18.7 Å². The third-order valence-corrected chi connectivity index (χ3v) is 4.56. The van der Waals surface area contributed by atoms with E-state index in [2.05, 4.69) is 34.6 Å². The third kappa shape index (κ3) is 5.02. The lowest BCUT2D eigenvalue weighted by molar-refractivity contribution is -0.159. The van der Waals surface area contributed by atoms with E-state index in [1.165, 1.54) is 41.4 Å². The first kappa shape index (κ1) is 22.0. The number of alkyl halides is 3. The molecule has 0 aliphatic heterocycles. The summed E-state index contributed by atoms with van der Waals surface area (Å²) in [4.78, 5) is 21.8. The number of aryl methyl sites for hydroxylation is 1. The van der Waals surface area contributed by atoms with E-state index >= 15 is 0 Å². The van der Waals surface area contributed by atoms with E-state index < -0.39 is 23.8 Å². The van der Waals surface area contributed by atoms with Gasteiger partial charge < -0.3 is 9.42 Å². The molecule has 0 spiro atoms. The highest BCUT2D eigenvalue weighted by atomic mass is 19.4. The third-order valence-electron chi connectivity index (χ3n) is 4.56. The lowest BCUT2D eigenvalue weighted by Crippen LogP contribution is -2.32. The van der Waals surface area contributed by atoms with Gasteiger partial charge in [-0.2, -0.15) is 18.2 Å². The molecule has 4 rings (SSSR count). The second kappa shape index (κ2) is 8.76. The molecule has 4 aromatic rings. The molecule has 0 saturated heterocycles. The van der Waals surface area contributed by atoms with Crippen molar-refractivity contribution >= 4 is 11.6 Å². The van der Waals surface area contributed by atoms with E-state index in [0.717, 1.165) is 0 Å². The maximum atomic E-state index is 13.8. The Balaban J connectivity index is 1.57. The van der Waals surface area contributed by atoms with Crippen LogP contribution in [0.3, 0.4) is 0 Å². The first-order valence-electron chi connectivity index (χ1n) is 9.41. The number of carbonyl (C=O) groups is 1. The molecule has 1 amide bonds. The maximum Gasteiger partial charge on any atom is 0.471 e. The molecule has 9 nitrogen and oxygen atoms in total. The Hall–Kier alpha value is -4.16. The van der Waals surface area contributed by atoms with Gasteiger partial charge in [0.15, 0.2) is 0 Å². The first-order valence-corrected chi connectivity index (χ1v) is 9.41. The van der Waals surface area contributed by atoms with Crippen molar-refractivity contribution in [2.45, 2.75) is 26.1 Å². The lowest BCUT2D eigenvalue weighted by Gasteiger charge is -2.22. The molecule has 0 bridgehead atoms. The van der Waals surface area contributed by atoms with Crippen molar-refractivity contribution in [2.75, 3.05) is 4.90 Å². The van der Waals surface area contributed by atoms with E-state index in [0.29, 0.717) is 17.1 Å². The van der Waals surface area contributed by atoms with Crippen LogP contribution in [0.15, 0.2) is 51.7 Å². The zero-order valence-electron chi connectivity index (χ0n) is 16.9. The maximum absolute atomic E-state index is 13.8. The zero-order chi connectivity index (χ0) is 23.6. The highest BCUT2D eigenvalue weighted by molar-refractivity contribution is 5.94. The van der Waals surface area contributed by atoms with Crippen molar-refractivity contribution in [1.82, 2.24) is 25.4 Å². The van der Waals surface area contributed by atoms with Crippen LogP contribution >= 0.6 is 0 Å². The Morgan fingerprint density at radius 2 is 1.94 bits per heavy atom. The zero-order valence-corrected chi connectivity index (χ0v) is 16.9. The van der Waals surface area contributed by atoms with Gasteiger partial charge in [-0.15, -0.1) is 0 Å². The van der Waals surface area contributed by atoms with Crippen molar-refractivity contribution in [3.8, 4) is 11.4 Å². The van der Waals surface area contributed by atoms with Gasteiger partial charge in [0.2, 0.25) is 11.7 Å². The van der Waals surface area contributed by atoms with Crippen LogP contribution in [-0.2, 0) is 23.9 Å². The molecule has 3 heterocycles. The van der Waals surface area contributed by atoms with Crippen LogP contribution in [0, 0.1) is 12.7 Å². The van der Waals surface area contributed by atoms with E-state index in [4.69, 9.17) is 0 Å². The summed E-state index contributed by atoms with van der Waals surface area (Å²) in [6.45, 7) is 1.58. The molecule has 0 aliphatic rings. The van der Waals surface area contributed by atoms with Gasteiger partial charge >= 0.3 is 12.1 Å². The molecular formula is C20H14F4N6O3. The molecule has 13 heteroatoms. The van der Waals surface area contributed by atoms with Crippen molar-refractivity contribution in [1.29, 1.82) is 0 Å². The van der Waals surface area contributed by atoms with E-state index in [1.807, 2.05) is 0 Å². The predicted octanol–water partition coefficient (Wildman–Crippen LogP) is 3.76. The minimum absolute atomic E-state index is 0.0487. The second-order valence-electron chi connectivity index (χ2n) is 6.89. The average molecular weight is 462 g/mol. The van der Waals surface area contributed by atoms with Crippen LogP contribution in [0.25, 0.3) is 11.4 Å². The molecule has 170 valence electrons. The van der Waals surface area contributed by atoms with Gasteiger partial charge in [-0.25, -0.2) is 9.02 Å². The molecule has 0 saturated carbocycles. The van der Waals surface area contributed by atoms with Crippen LogP contribution in [0.4, 0.5) is 23.2 Å². The van der Waals surface area contributed by atoms with Gasteiger partial charge in [-0.1, -0.05) is 21.5 Å². The summed E-state index contributed by atoms with van der Waals surface area (Å²) in [5, 5.41) is 10.6. The highest BCUT2D eigenvalue weighted by Gasteiger charge is 2.38. The highest BCUT2D eigenvalue weighted by Crippen LogP contribution is 2.29. The number of carbonyl (C=O) groups excluding carboxylic acids is 1. The molecule has 0 radical (unpaired) electrons. The summed E-state index contributed by atoms with van der Waals surface area (Å²) in [5.41, 5.74) is 1.63. The Morgan fingerprint density at radius 1 is 1.12 bits per heavy atom. The SMILES string of the molecule is Cc1nonc1CC(=O)N(Cc1ccc(-c2noc(C(F)(F)F)n2)cn1)c1cccc(F)c1. The fourth-order valence-corrected chi connectivity index (χ4v) is 2.88. The van der Waals surface area contributed by atoms with Crippen molar-refractivity contribution < 1.29 is 31.5 Å². The number of pyridine rings is 1. The van der Waals surface area contributed by atoms with Gasteiger partial charge in [0.25, 0.3) is 0 Å². The molecular weight excluding hydrogens is 448 g/mol. The quantitative estimate of drug-likeness (QED) is 0.399. The van der Waals surface area contributed by atoms with Crippen molar-refractivity contribution in [2.24, 2.45) is 0 Å². The number of aromatic nitrogens is 5. The fourth-order valence-electron chi connectivity index (χ4n) is 2.88. The molecule has 33 heavy (non-hydrogen) atoms. The smallest absolute Gasteiger partial charge is 0.329 e. The number of hydrogen-bond donors (Lipinski definition) is 0. The number of anilines is 1. The standard InChI is InChI=1S/C20H14F4N6O3/c1-11-16(28-33-27-11)8-17(31)30(15-4-2-3-13(21)7-15)10-14-6-5-12(9-25-14)18-26-19(32-29-18)20(22,23)24/h2-7,9H,8,10H2,1H3. The lowest BCUT2D eigenvalue weighted by atomic mass is 10.2. The van der Waals surface area contributed by atoms with E-state index in [9.17, 15) is 22.4 Å². The summed E-state index contributed by atoms with van der Waals surface area (Å²) in [6.07, 6.45) is -3.66. The number of nitrogens with zero attached hydrogens (tertiary/aromatic N) is 6. The number of halogens is 4. The normalized spacial score (nSPS) is 11.5. The minimum Gasteiger partial charge on any atom is -0.329 e. The van der Waals surface area contributed by atoms with E-state index in [1.54, 1.807) is 13.0 Å². The Bertz CT molecular complexity index is 1270. The Kier molecular flexibility index (Phi) is 5.85. The molecule has 0 unspecified atom stereocenters. The molecule has 3 aromatic heterocycles. The Labute approximate surface area is 183 Å². The topological polar surface area (TPSA) is 111 Å². The molecule has 1 aromatic carbocycles. The van der Waals surface area contributed by atoms with Gasteiger partial charge in [0.1, 0.15) is 17.2 Å². The summed E-state index contributed by atoms with van der Waals surface area (Å²) in [5.74, 6) is -2.71. The van der Waals surface area contributed by atoms with Crippen LogP contribution in [0.5, 0.6) is 0 Å². The molecule has 0 fully saturated rings. The largest absolute Gasteiger partial charge is 0.471 e.